The van der Waals surface area contributed by atoms with Crippen LogP contribution in [0, 0.1) is 6.92 Å². The van der Waals surface area contributed by atoms with Gasteiger partial charge in [0.1, 0.15) is 0 Å². The summed E-state index contributed by atoms with van der Waals surface area (Å²) in [7, 11) is 0. The second-order valence-electron chi connectivity index (χ2n) is 3.50. The molecule has 0 N–H and O–H groups in total. The van der Waals surface area contributed by atoms with E-state index in [9.17, 15) is 0 Å². The number of rotatable bonds is 3. The van der Waals surface area contributed by atoms with E-state index in [0.717, 1.165) is 17.7 Å². The van der Waals surface area contributed by atoms with Crippen LogP contribution in [0.15, 0.2) is 30.5 Å². The molecule has 0 aliphatic rings. The van der Waals surface area contributed by atoms with Crippen molar-refractivity contribution in [2.75, 3.05) is 0 Å². The minimum atomic E-state index is 1.04. The van der Waals surface area contributed by atoms with Gasteiger partial charge >= 0.3 is 0 Å². The van der Waals surface area contributed by atoms with Crippen LogP contribution in [0.2, 0.25) is 0 Å². The van der Waals surface area contributed by atoms with E-state index in [0.29, 0.717) is 0 Å². The van der Waals surface area contributed by atoms with Gasteiger partial charge in [-0.2, -0.15) is 0 Å². The van der Waals surface area contributed by atoms with Gasteiger partial charge in [0.25, 0.3) is 0 Å². The van der Waals surface area contributed by atoms with Crippen LogP contribution in [-0.2, 0) is 6.42 Å². The Kier molecular flexibility index (Phi) is 3.63. The zero-order valence-corrected chi connectivity index (χ0v) is 9.17. The van der Waals surface area contributed by atoms with Gasteiger partial charge in [0.2, 0.25) is 0 Å². The zero-order chi connectivity index (χ0) is 10.6. The molecule has 0 aliphatic carbocycles. The smallest absolute Gasteiger partial charge is 0.0447 e. The average molecular weight is 187 g/mol. The molecule has 0 aromatic carbocycles. The Morgan fingerprint density at radius 1 is 1.57 bits per heavy atom. The lowest BCUT2D eigenvalue weighted by Gasteiger charge is -2.05. The Morgan fingerprint density at radius 3 is 2.86 bits per heavy atom. The fourth-order valence-corrected chi connectivity index (χ4v) is 1.39. The quantitative estimate of drug-likeness (QED) is 0.659. The zero-order valence-electron chi connectivity index (χ0n) is 9.17. The van der Waals surface area contributed by atoms with Gasteiger partial charge in [-0.25, -0.2) is 0 Å². The molecule has 0 spiro atoms. The predicted octanol–water partition coefficient (Wildman–Crippen LogP) is 3.54. The molecule has 1 heterocycles. The summed E-state index contributed by atoms with van der Waals surface area (Å²) in [6.45, 7) is 10.0. The summed E-state index contributed by atoms with van der Waals surface area (Å²) >= 11 is 0. The fourth-order valence-electron chi connectivity index (χ4n) is 1.39. The lowest BCUT2D eigenvalue weighted by molar-refractivity contribution is 1.08. The molecule has 0 aliphatic heterocycles. The van der Waals surface area contributed by atoms with Crippen LogP contribution in [0.1, 0.15) is 30.7 Å². The first-order valence-corrected chi connectivity index (χ1v) is 4.93. The molecule has 0 bridgehead atoms. The van der Waals surface area contributed by atoms with E-state index in [2.05, 4.69) is 30.6 Å². The van der Waals surface area contributed by atoms with Crippen molar-refractivity contribution < 1.29 is 0 Å². The topological polar surface area (TPSA) is 12.9 Å². The molecule has 74 valence electrons. The van der Waals surface area contributed by atoms with Crippen molar-refractivity contribution in [3.8, 4) is 0 Å². The largest absolute Gasteiger partial charge is 0.261 e. The van der Waals surface area contributed by atoms with Gasteiger partial charge in [0, 0.05) is 11.9 Å². The van der Waals surface area contributed by atoms with Crippen molar-refractivity contribution in [3.05, 3.63) is 47.3 Å². The molecule has 1 aromatic rings. The van der Waals surface area contributed by atoms with Crippen molar-refractivity contribution >= 4 is 6.08 Å². The number of hydrogen-bond acceptors (Lipinski definition) is 1. The van der Waals surface area contributed by atoms with Crippen molar-refractivity contribution in [2.24, 2.45) is 0 Å². The maximum Gasteiger partial charge on any atom is 0.0447 e. The third-order valence-corrected chi connectivity index (χ3v) is 2.20. The average Bonchev–Trinajstić information content (AvgIpc) is 2.15. The molecule has 1 nitrogen and oxygen atoms in total. The molecule has 14 heavy (non-hydrogen) atoms. The minimum Gasteiger partial charge on any atom is -0.261 e. The molecule has 0 fully saturated rings. The third-order valence-electron chi connectivity index (χ3n) is 2.20. The summed E-state index contributed by atoms with van der Waals surface area (Å²) < 4.78 is 0. The highest BCUT2D eigenvalue weighted by Crippen LogP contribution is 2.15. The molecule has 0 saturated heterocycles. The standard InChI is InChI=1S/C13H17N/c1-5-12-8-9-14-11(4)13(12)7-6-10(2)3/h6-9H,2,5H2,1,3-4H3/b7-6-. The molecule has 1 rings (SSSR count). The van der Waals surface area contributed by atoms with E-state index >= 15 is 0 Å². The number of aryl methyl sites for hydroxylation is 2. The number of aromatic nitrogens is 1. The highest BCUT2D eigenvalue weighted by Gasteiger charge is 2.00. The van der Waals surface area contributed by atoms with Crippen LogP contribution in [0.3, 0.4) is 0 Å². The normalized spacial score (nSPS) is 10.8. The summed E-state index contributed by atoms with van der Waals surface area (Å²) in [5, 5.41) is 0. The first-order chi connectivity index (χ1) is 6.65. The van der Waals surface area contributed by atoms with Crippen LogP contribution in [-0.4, -0.2) is 4.98 Å². The van der Waals surface area contributed by atoms with Gasteiger partial charge in [-0.15, -0.1) is 0 Å². The Labute approximate surface area is 86.2 Å². The lowest BCUT2D eigenvalue weighted by Crippen LogP contribution is -1.92. The fraction of sp³-hybridized carbons (Fsp3) is 0.308. The van der Waals surface area contributed by atoms with Gasteiger partial charge in [0.15, 0.2) is 0 Å². The molecule has 0 unspecified atom stereocenters. The first kappa shape index (κ1) is 10.7. The van der Waals surface area contributed by atoms with Crippen molar-refractivity contribution in [2.45, 2.75) is 27.2 Å². The minimum absolute atomic E-state index is 1.04. The molecule has 0 radical (unpaired) electrons. The van der Waals surface area contributed by atoms with Crippen LogP contribution >= 0.6 is 0 Å². The maximum atomic E-state index is 4.28. The van der Waals surface area contributed by atoms with Crippen LogP contribution in [0.25, 0.3) is 6.08 Å². The molecular weight excluding hydrogens is 170 g/mol. The van der Waals surface area contributed by atoms with E-state index in [1.165, 1.54) is 11.1 Å². The summed E-state index contributed by atoms with van der Waals surface area (Å²) in [6, 6.07) is 2.07. The summed E-state index contributed by atoms with van der Waals surface area (Å²) in [4.78, 5) is 4.28. The first-order valence-electron chi connectivity index (χ1n) is 4.93. The van der Waals surface area contributed by atoms with Crippen LogP contribution in [0.5, 0.6) is 0 Å². The molecule has 0 amide bonds. The summed E-state index contributed by atoms with van der Waals surface area (Å²) in [5.41, 5.74) is 4.73. The van der Waals surface area contributed by atoms with Crippen molar-refractivity contribution in [3.63, 3.8) is 0 Å². The predicted molar refractivity (Wildman–Crippen MR) is 62.2 cm³/mol. The van der Waals surface area contributed by atoms with E-state index < -0.39 is 0 Å². The number of pyridine rings is 1. The van der Waals surface area contributed by atoms with E-state index in [4.69, 9.17) is 0 Å². The van der Waals surface area contributed by atoms with E-state index in [1.54, 1.807) is 0 Å². The number of nitrogens with zero attached hydrogens (tertiary/aromatic N) is 1. The third kappa shape index (κ3) is 2.56. The second-order valence-corrected chi connectivity index (χ2v) is 3.50. The molecular formula is C13H17N. The van der Waals surface area contributed by atoms with Gasteiger partial charge in [0.05, 0.1) is 0 Å². The van der Waals surface area contributed by atoms with Gasteiger partial charge in [-0.3, -0.25) is 4.98 Å². The Bertz CT molecular complexity index is 361. The second kappa shape index (κ2) is 4.75. The van der Waals surface area contributed by atoms with Crippen molar-refractivity contribution in [1.82, 2.24) is 4.98 Å². The summed E-state index contributed by atoms with van der Waals surface area (Å²) in [6.07, 6.45) is 7.04. The highest BCUT2D eigenvalue weighted by molar-refractivity contribution is 5.58. The number of hydrogen-bond donors (Lipinski definition) is 0. The highest BCUT2D eigenvalue weighted by atomic mass is 14.7. The van der Waals surface area contributed by atoms with Gasteiger partial charge < -0.3 is 0 Å². The SMILES string of the molecule is C=C(C)/C=C\c1c(CC)ccnc1C. The Balaban J connectivity index is 3.11. The van der Waals surface area contributed by atoms with E-state index in [1.807, 2.05) is 26.1 Å². The molecule has 0 atom stereocenters. The monoisotopic (exact) mass is 187 g/mol. The number of allylic oxidation sites excluding steroid dienone is 2. The van der Waals surface area contributed by atoms with Gasteiger partial charge in [-0.1, -0.05) is 31.2 Å². The Morgan fingerprint density at radius 2 is 2.29 bits per heavy atom. The van der Waals surface area contributed by atoms with Gasteiger partial charge in [-0.05, 0) is 37.5 Å². The Hall–Kier alpha value is -1.37. The molecule has 1 heteroatoms. The maximum absolute atomic E-state index is 4.28. The molecule has 0 saturated carbocycles. The lowest BCUT2D eigenvalue weighted by atomic mass is 10.0. The summed E-state index contributed by atoms with van der Waals surface area (Å²) in [5.74, 6) is 0. The van der Waals surface area contributed by atoms with E-state index in [-0.39, 0.29) is 0 Å². The van der Waals surface area contributed by atoms with Crippen LogP contribution < -0.4 is 0 Å². The van der Waals surface area contributed by atoms with Crippen LogP contribution in [0.4, 0.5) is 0 Å². The molecule has 1 aromatic heterocycles. The van der Waals surface area contributed by atoms with Crippen molar-refractivity contribution in [1.29, 1.82) is 0 Å².